The lowest BCUT2D eigenvalue weighted by Gasteiger charge is -2.20. The van der Waals surface area contributed by atoms with Crippen LogP contribution >= 0.6 is 0 Å². The number of carbonyl (C=O) groups excluding carboxylic acids is 1. The first-order valence-electron chi connectivity index (χ1n) is 7.16. The maximum absolute atomic E-state index is 12.3. The molecule has 5 nitrogen and oxygen atoms in total. The molecule has 0 bridgehead atoms. The van der Waals surface area contributed by atoms with Crippen molar-refractivity contribution in [1.29, 1.82) is 0 Å². The molecule has 0 radical (unpaired) electrons. The van der Waals surface area contributed by atoms with E-state index < -0.39 is 0 Å². The van der Waals surface area contributed by atoms with Gasteiger partial charge in [-0.25, -0.2) is 0 Å². The molecule has 1 aliphatic heterocycles. The third-order valence-corrected chi connectivity index (χ3v) is 3.75. The number of nitrogens with one attached hydrogen (secondary N) is 1. The van der Waals surface area contributed by atoms with Gasteiger partial charge in [0.1, 0.15) is 0 Å². The van der Waals surface area contributed by atoms with Crippen molar-refractivity contribution in [3.8, 4) is 11.1 Å². The smallest absolute Gasteiger partial charge is 0.239 e. The number of amides is 1. The molecule has 1 N–H and O–H groups in total. The Kier molecular flexibility index (Phi) is 4.01. The highest BCUT2D eigenvalue weighted by atomic mass is 16.5. The van der Waals surface area contributed by atoms with E-state index in [0.717, 1.165) is 29.7 Å². The zero-order chi connectivity index (χ0) is 14.7. The van der Waals surface area contributed by atoms with Gasteiger partial charge in [-0.1, -0.05) is 35.5 Å². The molecule has 0 saturated carbocycles. The Morgan fingerprint density at radius 2 is 1.95 bits per heavy atom. The summed E-state index contributed by atoms with van der Waals surface area (Å²) in [4.78, 5) is 12.3. The number of aryl methyl sites for hydroxylation is 1. The molecule has 0 aliphatic carbocycles. The second kappa shape index (κ2) is 6.10. The van der Waals surface area contributed by atoms with Crippen LogP contribution < -0.4 is 5.32 Å². The first kappa shape index (κ1) is 13.8. The average Bonchev–Trinajstić information content (AvgIpc) is 2.89. The highest BCUT2D eigenvalue weighted by Gasteiger charge is 2.24. The number of carbonyl (C=O) groups is 1. The number of ether oxygens (including phenoxy) is 1. The van der Waals surface area contributed by atoms with Crippen LogP contribution in [0.1, 0.15) is 18.5 Å². The van der Waals surface area contributed by atoms with E-state index in [1.165, 1.54) is 0 Å². The fourth-order valence-electron chi connectivity index (χ4n) is 2.57. The molecule has 1 aromatic carbocycles. The highest BCUT2D eigenvalue weighted by Crippen LogP contribution is 2.31. The van der Waals surface area contributed by atoms with E-state index in [0.29, 0.717) is 19.1 Å². The molecule has 0 unspecified atom stereocenters. The Hall–Kier alpha value is -2.14. The quantitative estimate of drug-likeness (QED) is 0.942. The van der Waals surface area contributed by atoms with Crippen molar-refractivity contribution >= 4 is 11.8 Å². The lowest BCUT2D eigenvalue weighted by Crippen LogP contribution is -2.28. The number of hydrogen-bond acceptors (Lipinski definition) is 4. The maximum atomic E-state index is 12.3. The summed E-state index contributed by atoms with van der Waals surface area (Å²) >= 11 is 0. The molecule has 2 aromatic rings. The molecule has 1 aromatic heterocycles. The number of anilines is 1. The third-order valence-electron chi connectivity index (χ3n) is 3.75. The van der Waals surface area contributed by atoms with E-state index in [1.54, 1.807) is 0 Å². The summed E-state index contributed by atoms with van der Waals surface area (Å²) in [5.41, 5.74) is 2.60. The van der Waals surface area contributed by atoms with Gasteiger partial charge >= 0.3 is 0 Å². The minimum atomic E-state index is -0.0216. The van der Waals surface area contributed by atoms with Gasteiger partial charge in [-0.3, -0.25) is 10.1 Å². The number of rotatable bonds is 3. The lowest BCUT2D eigenvalue weighted by molar-refractivity contribution is -0.122. The van der Waals surface area contributed by atoms with Gasteiger partial charge in [-0.05, 0) is 25.3 Å². The van der Waals surface area contributed by atoms with Crippen molar-refractivity contribution in [2.75, 3.05) is 18.5 Å². The molecule has 0 atom stereocenters. The van der Waals surface area contributed by atoms with E-state index >= 15 is 0 Å². The Labute approximate surface area is 123 Å². The van der Waals surface area contributed by atoms with E-state index in [2.05, 4.69) is 10.5 Å². The molecule has 1 aliphatic rings. The number of nitrogens with zero attached hydrogens (tertiary/aromatic N) is 1. The van der Waals surface area contributed by atoms with Crippen molar-refractivity contribution < 1.29 is 14.1 Å². The van der Waals surface area contributed by atoms with Crippen LogP contribution in [-0.2, 0) is 9.53 Å². The lowest BCUT2D eigenvalue weighted by atomic mass is 9.99. The zero-order valence-electron chi connectivity index (χ0n) is 12.0. The van der Waals surface area contributed by atoms with Crippen LogP contribution in [0.15, 0.2) is 34.9 Å². The summed E-state index contributed by atoms with van der Waals surface area (Å²) in [5.74, 6) is 0.384. The molecule has 0 spiro atoms. The van der Waals surface area contributed by atoms with Crippen LogP contribution in [-0.4, -0.2) is 24.3 Å². The van der Waals surface area contributed by atoms with Gasteiger partial charge in [0, 0.05) is 19.1 Å². The Morgan fingerprint density at radius 3 is 2.67 bits per heavy atom. The normalized spacial score (nSPS) is 15.9. The van der Waals surface area contributed by atoms with Crippen LogP contribution in [0.2, 0.25) is 0 Å². The fourth-order valence-corrected chi connectivity index (χ4v) is 2.57. The van der Waals surface area contributed by atoms with Gasteiger partial charge < -0.3 is 9.26 Å². The van der Waals surface area contributed by atoms with Crippen LogP contribution in [0.3, 0.4) is 0 Å². The largest absolute Gasteiger partial charge is 0.381 e. The zero-order valence-corrected chi connectivity index (χ0v) is 12.0. The van der Waals surface area contributed by atoms with Crippen molar-refractivity contribution in [3.05, 3.63) is 36.0 Å². The van der Waals surface area contributed by atoms with Gasteiger partial charge in [0.05, 0.1) is 11.3 Å². The van der Waals surface area contributed by atoms with E-state index in [9.17, 15) is 4.79 Å². The first-order chi connectivity index (χ1) is 10.3. The minimum absolute atomic E-state index is 0.0206. The van der Waals surface area contributed by atoms with Gasteiger partial charge in [-0.15, -0.1) is 0 Å². The number of aromatic nitrogens is 1. The SMILES string of the molecule is Cc1noc(NC(=O)C2CCOCC2)c1-c1ccccc1. The summed E-state index contributed by atoms with van der Waals surface area (Å²) in [6.45, 7) is 3.15. The van der Waals surface area contributed by atoms with Gasteiger partial charge in [0.15, 0.2) is 0 Å². The predicted octanol–water partition coefficient (Wildman–Crippen LogP) is 3.02. The molecule has 2 heterocycles. The van der Waals surface area contributed by atoms with Crippen LogP contribution in [0.4, 0.5) is 5.88 Å². The predicted molar refractivity (Wildman–Crippen MR) is 78.8 cm³/mol. The highest BCUT2D eigenvalue weighted by molar-refractivity contribution is 5.95. The third kappa shape index (κ3) is 2.97. The van der Waals surface area contributed by atoms with Crippen molar-refractivity contribution in [1.82, 2.24) is 5.16 Å². The fraction of sp³-hybridized carbons (Fsp3) is 0.375. The summed E-state index contributed by atoms with van der Waals surface area (Å²) in [6, 6.07) is 9.80. The summed E-state index contributed by atoms with van der Waals surface area (Å²) < 4.78 is 10.6. The molecule has 21 heavy (non-hydrogen) atoms. The number of benzene rings is 1. The standard InChI is InChI=1S/C16H18N2O3/c1-11-14(12-5-3-2-4-6-12)16(21-18-11)17-15(19)13-7-9-20-10-8-13/h2-6,13H,7-10H2,1H3,(H,17,19). The van der Waals surface area contributed by atoms with Gasteiger partial charge in [0.2, 0.25) is 11.8 Å². The maximum Gasteiger partial charge on any atom is 0.239 e. The van der Waals surface area contributed by atoms with Gasteiger partial charge in [-0.2, -0.15) is 0 Å². The number of hydrogen-bond donors (Lipinski definition) is 1. The van der Waals surface area contributed by atoms with E-state index in [4.69, 9.17) is 9.26 Å². The Bertz CT molecular complexity index is 616. The summed E-state index contributed by atoms with van der Waals surface area (Å²) in [5, 5.41) is 6.85. The summed E-state index contributed by atoms with van der Waals surface area (Å²) in [6.07, 6.45) is 1.50. The van der Waals surface area contributed by atoms with Crippen LogP contribution in [0, 0.1) is 12.8 Å². The molecule has 1 fully saturated rings. The Balaban J connectivity index is 1.81. The monoisotopic (exact) mass is 286 g/mol. The molecular formula is C16H18N2O3. The first-order valence-corrected chi connectivity index (χ1v) is 7.16. The molecule has 1 saturated heterocycles. The second-order valence-electron chi connectivity index (χ2n) is 5.21. The minimum Gasteiger partial charge on any atom is -0.381 e. The Morgan fingerprint density at radius 1 is 1.24 bits per heavy atom. The van der Waals surface area contributed by atoms with Gasteiger partial charge in [0.25, 0.3) is 0 Å². The molecular weight excluding hydrogens is 268 g/mol. The summed E-state index contributed by atoms with van der Waals surface area (Å²) in [7, 11) is 0. The molecule has 3 rings (SSSR count). The van der Waals surface area contributed by atoms with Crippen LogP contribution in [0.25, 0.3) is 11.1 Å². The van der Waals surface area contributed by atoms with E-state index in [1.807, 2.05) is 37.3 Å². The van der Waals surface area contributed by atoms with Crippen molar-refractivity contribution in [2.24, 2.45) is 5.92 Å². The average molecular weight is 286 g/mol. The molecule has 5 heteroatoms. The van der Waals surface area contributed by atoms with Crippen molar-refractivity contribution in [2.45, 2.75) is 19.8 Å². The van der Waals surface area contributed by atoms with E-state index in [-0.39, 0.29) is 11.8 Å². The molecule has 1 amide bonds. The van der Waals surface area contributed by atoms with Crippen molar-refractivity contribution in [3.63, 3.8) is 0 Å². The van der Waals surface area contributed by atoms with Crippen LogP contribution in [0.5, 0.6) is 0 Å². The molecule has 110 valence electrons. The second-order valence-corrected chi connectivity index (χ2v) is 5.21. The topological polar surface area (TPSA) is 64.4 Å².